The number of carboxylic acids is 1. The number of aliphatic carboxylic acids is 1. The molecular weight excluding hydrogens is 260 g/mol. The zero-order valence-corrected chi connectivity index (χ0v) is 12.2. The largest absolute Gasteiger partial charge is 0.479 e. The molecule has 0 radical (unpaired) electrons. The van der Waals surface area contributed by atoms with Crippen LogP contribution in [0.2, 0.25) is 0 Å². The van der Waals surface area contributed by atoms with E-state index < -0.39 is 18.2 Å². The van der Waals surface area contributed by atoms with E-state index >= 15 is 0 Å². The highest BCUT2D eigenvalue weighted by atomic mass is 16.5. The summed E-state index contributed by atoms with van der Waals surface area (Å²) in [5.74, 6) is -1.00. The highest BCUT2D eigenvalue weighted by molar-refractivity contribution is 5.83. The van der Waals surface area contributed by atoms with Crippen LogP contribution in [-0.2, 0) is 14.3 Å². The number of ether oxygens (including phenoxy) is 1. The van der Waals surface area contributed by atoms with Gasteiger partial charge in [-0.05, 0) is 39.3 Å². The Hall–Kier alpha value is -1.14. The number of amides is 1. The van der Waals surface area contributed by atoms with Gasteiger partial charge in [-0.1, -0.05) is 6.92 Å². The SMILES string of the molecule is CCC1CN(C)CCCN1C(=O)C1CCC(C(=O)O)O1. The van der Waals surface area contributed by atoms with Gasteiger partial charge in [0.1, 0.15) is 6.10 Å². The van der Waals surface area contributed by atoms with Crippen molar-refractivity contribution in [2.45, 2.75) is 50.9 Å². The molecule has 3 unspecified atom stereocenters. The fourth-order valence-electron chi connectivity index (χ4n) is 3.07. The minimum atomic E-state index is -0.969. The molecule has 20 heavy (non-hydrogen) atoms. The molecule has 1 amide bonds. The summed E-state index contributed by atoms with van der Waals surface area (Å²) in [6.45, 7) is 4.68. The highest BCUT2D eigenvalue weighted by Gasteiger charge is 2.38. The normalized spacial score (nSPS) is 32.1. The summed E-state index contributed by atoms with van der Waals surface area (Å²) in [6, 6.07) is 0.197. The predicted molar refractivity (Wildman–Crippen MR) is 73.4 cm³/mol. The van der Waals surface area contributed by atoms with Crippen LogP contribution in [0.5, 0.6) is 0 Å². The van der Waals surface area contributed by atoms with Gasteiger partial charge in [0.15, 0.2) is 6.10 Å². The molecule has 2 aliphatic heterocycles. The molecule has 0 aliphatic carbocycles. The Kier molecular flexibility index (Phi) is 4.99. The number of rotatable bonds is 3. The highest BCUT2D eigenvalue weighted by Crippen LogP contribution is 2.24. The third-order valence-corrected chi connectivity index (χ3v) is 4.23. The van der Waals surface area contributed by atoms with E-state index in [1.54, 1.807) is 0 Å². The fraction of sp³-hybridized carbons (Fsp3) is 0.857. The molecule has 2 saturated heterocycles. The first kappa shape index (κ1) is 15.3. The van der Waals surface area contributed by atoms with E-state index in [9.17, 15) is 9.59 Å². The fourth-order valence-corrected chi connectivity index (χ4v) is 3.07. The maximum absolute atomic E-state index is 12.6. The van der Waals surface area contributed by atoms with Crippen LogP contribution in [0.15, 0.2) is 0 Å². The van der Waals surface area contributed by atoms with Crippen molar-refractivity contribution in [2.75, 3.05) is 26.7 Å². The minimum Gasteiger partial charge on any atom is -0.479 e. The first-order valence-corrected chi connectivity index (χ1v) is 7.40. The number of carboxylic acid groups (broad SMARTS) is 1. The number of likely N-dealkylation sites (N-methyl/N-ethyl adjacent to an activating group) is 1. The molecule has 0 aromatic rings. The van der Waals surface area contributed by atoms with Crippen LogP contribution in [0.1, 0.15) is 32.6 Å². The first-order chi connectivity index (χ1) is 9.52. The van der Waals surface area contributed by atoms with E-state index in [2.05, 4.69) is 18.9 Å². The zero-order chi connectivity index (χ0) is 14.7. The van der Waals surface area contributed by atoms with Gasteiger partial charge in [0, 0.05) is 19.1 Å². The molecule has 1 N–H and O–H groups in total. The lowest BCUT2D eigenvalue weighted by molar-refractivity contribution is -0.155. The second-order valence-electron chi connectivity index (χ2n) is 5.74. The summed E-state index contributed by atoms with van der Waals surface area (Å²) in [4.78, 5) is 27.6. The maximum Gasteiger partial charge on any atom is 0.332 e. The number of hydrogen-bond acceptors (Lipinski definition) is 4. The Labute approximate surface area is 119 Å². The zero-order valence-electron chi connectivity index (χ0n) is 12.2. The number of carbonyl (C=O) groups is 2. The Bertz CT molecular complexity index is 374. The molecule has 6 heteroatoms. The number of hydrogen-bond donors (Lipinski definition) is 1. The van der Waals surface area contributed by atoms with Crippen molar-refractivity contribution in [2.24, 2.45) is 0 Å². The second kappa shape index (κ2) is 6.54. The minimum absolute atomic E-state index is 0.0316. The predicted octanol–water partition coefficient (Wildman–Crippen LogP) is 0.561. The second-order valence-corrected chi connectivity index (χ2v) is 5.74. The molecule has 6 nitrogen and oxygen atoms in total. The molecule has 2 fully saturated rings. The monoisotopic (exact) mass is 284 g/mol. The van der Waals surface area contributed by atoms with Crippen LogP contribution in [0.25, 0.3) is 0 Å². The van der Waals surface area contributed by atoms with Gasteiger partial charge in [-0.15, -0.1) is 0 Å². The van der Waals surface area contributed by atoms with Gasteiger partial charge in [-0.25, -0.2) is 4.79 Å². The lowest BCUT2D eigenvalue weighted by Gasteiger charge is -2.32. The summed E-state index contributed by atoms with van der Waals surface area (Å²) in [5.41, 5.74) is 0. The van der Waals surface area contributed by atoms with E-state index in [-0.39, 0.29) is 11.9 Å². The van der Waals surface area contributed by atoms with Gasteiger partial charge in [-0.2, -0.15) is 0 Å². The summed E-state index contributed by atoms with van der Waals surface area (Å²) in [5, 5.41) is 8.94. The van der Waals surface area contributed by atoms with Crippen LogP contribution in [0.4, 0.5) is 0 Å². The molecule has 0 aromatic carbocycles. The van der Waals surface area contributed by atoms with Gasteiger partial charge >= 0.3 is 5.97 Å². The lowest BCUT2D eigenvalue weighted by atomic mass is 10.1. The molecule has 3 atom stereocenters. The van der Waals surface area contributed by atoms with Crippen molar-refractivity contribution >= 4 is 11.9 Å². The van der Waals surface area contributed by atoms with E-state index in [4.69, 9.17) is 9.84 Å². The van der Waals surface area contributed by atoms with Crippen molar-refractivity contribution < 1.29 is 19.4 Å². The molecule has 0 spiro atoms. The molecule has 0 aromatic heterocycles. The van der Waals surface area contributed by atoms with Crippen LogP contribution in [0.3, 0.4) is 0 Å². The third-order valence-electron chi connectivity index (χ3n) is 4.23. The van der Waals surface area contributed by atoms with Crippen molar-refractivity contribution in [3.63, 3.8) is 0 Å². The lowest BCUT2D eigenvalue weighted by Crippen LogP contribution is -2.48. The third kappa shape index (κ3) is 3.30. The Morgan fingerprint density at radius 1 is 1.25 bits per heavy atom. The average molecular weight is 284 g/mol. The topological polar surface area (TPSA) is 70.1 Å². The van der Waals surface area contributed by atoms with Gasteiger partial charge in [0.25, 0.3) is 5.91 Å². The van der Waals surface area contributed by atoms with Crippen LogP contribution >= 0.6 is 0 Å². The Morgan fingerprint density at radius 3 is 2.55 bits per heavy atom. The van der Waals surface area contributed by atoms with Crippen molar-refractivity contribution in [1.29, 1.82) is 0 Å². The average Bonchev–Trinajstić information content (AvgIpc) is 2.83. The van der Waals surface area contributed by atoms with Gasteiger partial charge in [0.05, 0.1) is 0 Å². The summed E-state index contributed by atoms with van der Waals surface area (Å²) in [6.07, 6.45) is 1.40. The Balaban J connectivity index is 2.01. The quantitative estimate of drug-likeness (QED) is 0.820. The molecule has 2 heterocycles. The van der Waals surface area contributed by atoms with Crippen molar-refractivity contribution in [3.05, 3.63) is 0 Å². The first-order valence-electron chi connectivity index (χ1n) is 7.40. The molecule has 2 aliphatic rings. The van der Waals surface area contributed by atoms with E-state index in [1.165, 1.54) is 0 Å². The smallest absolute Gasteiger partial charge is 0.332 e. The van der Waals surface area contributed by atoms with E-state index in [1.807, 2.05) is 4.90 Å². The summed E-state index contributed by atoms with van der Waals surface area (Å²) in [7, 11) is 2.07. The molecule has 0 bridgehead atoms. The van der Waals surface area contributed by atoms with Crippen LogP contribution in [-0.4, -0.2) is 71.7 Å². The van der Waals surface area contributed by atoms with Gasteiger partial charge < -0.3 is 19.6 Å². The number of nitrogens with zero attached hydrogens (tertiary/aromatic N) is 2. The van der Waals surface area contributed by atoms with Crippen LogP contribution < -0.4 is 0 Å². The van der Waals surface area contributed by atoms with Crippen LogP contribution in [0, 0.1) is 0 Å². The Morgan fingerprint density at radius 2 is 1.95 bits per heavy atom. The van der Waals surface area contributed by atoms with Crippen molar-refractivity contribution in [3.8, 4) is 0 Å². The van der Waals surface area contributed by atoms with E-state index in [0.717, 1.165) is 32.5 Å². The van der Waals surface area contributed by atoms with Gasteiger partial charge in [0.2, 0.25) is 0 Å². The summed E-state index contributed by atoms with van der Waals surface area (Å²) >= 11 is 0. The number of carbonyl (C=O) groups excluding carboxylic acids is 1. The van der Waals surface area contributed by atoms with Crippen molar-refractivity contribution in [1.82, 2.24) is 9.80 Å². The molecule has 2 rings (SSSR count). The summed E-state index contributed by atoms with van der Waals surface area (Å²) < 4.78 is 5.39. The molecular formula is C14H24N2O4. The molecule has 0 saturated carbocycles. The van der Waals surface area contributed by atoms with E-state index in [0.29, 0.717) is 12.8 Å². The molecule has 114 valence electrons. The maximum atomic E-state index is 12.6. The standard InChI is InChI=1S/C14H24N2O4/c1-3-10-9-15(2)7-4-8-16(10)13(17)11-5-6-12(20-11)14(18)19/h10-12H,3-9H2,1-2H3,(H,18,19). The van der Waals surface area contributed by atoms with Gasteiger partial charge in [-0.3, -0.25) is 4.79 Å².